The Morgan fingerprint density at radius 2 is 2.09 bits per heavy atom. The molecule has 0 spiro atoms. The summed E-state index contributed by atoms with van der Waals surface area (Å²) in [4.78, 5) is 36.3. The first-order valence-corrected chi connectivity index (χ1v) is 11.9. The Hall–Kier alpha value is -1.82. The Morgan fingerprint density at radius 3 is 2.75 bits per heavy atom. The quantitative estimate of drug-likeness (QED) is 0.185. The van der Waals surface area contributed by atoms with Gasteiger partial charge in [-0.25, -0.2) is 19.5 Å². The van der Waals surface area contributed by atoms with Gasteiger partial charge in [0.2, 0.25) is 12.7 Å². The average Bonchev–Trinajstić information content (AvgIpc) is 2.75. The van der Waals surface area contributed by atoms with Crippen LogP contribution in [0.2, 0.25) is 0 Å². The maximum Gasteiger partial charge on any atom is 0.409 e. The van der Waals surface area contributed by atoms with E-state index in [0.29, 0.717) is 13.0 Å². The van der Waals surface area contributed by atoms with Gasteiger partial charge >= 0.3 is 19.7 Å². The van der Waals surface area contributed by atoms with Crippen molar-refractivity contribution in [3.05, 3.63) is 11.6 Å². The lowest BCUT2D eigenvalue weighted by Gasteiger charge is -2.40. The Labute approximate surface area is 187 Å². The number of carbonyl (C=O) groups excluding carboxylic acids is 3. The maximum absolute atomic E-state index is 13.0. The van der Waals surface area contributed by atoms with Crippen molar-refractivity contribution < 1.29 is 37.5 Å². The van der Waals surface area contributed by atoms with Crippen molar-refractivity contribution in [2.75, 3.05) is 40.6 Å². The smallest absolute Gasteiger partial charge is 0.409 e. The van der Waals surface area contributed by atoms with Crippen molar-refractivity contribution in [3.63, 3.8) is 0 Å². The number of likely N-dealkylation sites (N-methyl/N-ethyl adjacent to an activating group) is 1. The number of esters is 2. The molecule has 0 aromatic heterocycles. The molecule has 13 heteroatoms. The fraction of sp³-hybridized carbons (Fsp3) is 0.737. The number of hydrogen-bond donors (Lipinski definition) is 3. The molecule has 0 bridgehead atoms. The van der Waals surface area contributed by atoms with E-state index in [1.165, 1.54) is 7.11 Å². The summed E-state index contributed by atoms with van der Waals surface area (Å²) in [6.07, 6.45) is 2.61. The predicted octanol–water partition coefficient (Wildman–Crippen LogP) is 0.461. The van der Waals surface area contributed by atoms with E-state index in [9.17, 15) is 18.9 Å². The maximum atomic E-state index is 13.0. The van der Waals surface area contributed by atoms with Gasteiger partial charge in [-0.15, -0.1) is 0 Å². The molecule has 1 amide bonds. The van der Waals surface area contributed by atoms with Crippen LogP contribution in [0.5, 0.6) is 0 Å². The summed E-state index contributed by atoms with van der Waals surface area (Å²) in [5.74, 6) is -1.48. The molecule has 0 saturated carbocycles. The largest absolute Gasteiger partial charge is 0.469 e. The van der Waals surface area contributed by atoms with Gasteiger partial charge in [0.15, 0.2) is 0 Å². The molecule has 0 aromatic rings. The van der Waals surface area contributed by atoms with Crippen molar-refractivity contribution in [2.45, 2.75) is 45.7 Å². The third kappa shape index (κ3) is 6.84. The second-order valence-electron chi connectivity index (χ2n) is 8.16. The zero-order chi connectivity index (χ0) is 23.9. The van der Waals surface area contributed by atoms with Gasteiger partial charge in [0.25, 0.3) is 0 Å². The fourth-order valence-corrected chi connectivity index (χ4v) is 5.04. The second-order valence-corrected chi connectivity index (χ2v) is 9.93. The standard InChI is InChI=1S/C19H33N4O8P/c1-6-13-7-10-21-23(4)15(13)18(26)29-12-31-32(27)22-16(19(2,3)11-30-32)17(25)20-9-8-14(24)28-5/h7,15-16,21H,6,8-12H2,1-5H3,(H,20,25)(H,22,27)/t15?,16-,32?/m0/s1. The molecule has 1 fully saturated rings. The lowest BCUT2D eigenvalue weighted by Crippen LogP contribution is -2.56. The molecule has 32 heavy (non-hydrogen) atoms. The highest BCUT2D eigenvalue weighted by atomic mass is 31.2. The van der Waals surface area contributed by atoms with Crippen molar-refractivity contribution in [3.8, 4) is 0 Å². The highest BCUT2D eigenvalue weighted by Crippen LogP contribution is 2.51. The summed E-state index contributed by atoms with van der Waals surface area (Å²) in [6.45, 7) is 5.51. The van der Waals surface area contributed by atoms with Crippen LogP contribution in [0.3, 0.4) is 0 Å². The number of ether oxygens (including phenoxy) is 2. The minimum absolute atomic E-state index is 0.00860. The van der Waals surface area contributed by atoms with Gasteiger partial charge in [-0.05, 0) is 12.0 Å². The Bertz CT molecular complexity index is 787. The van der Waals surface area contributed by atoms with Crippen LogP contribution in [0.4, 0.5) is 0 Å². The van der Waals surface area contributed by atoms with E-state index in [0.717, 1.165) is 5.57 Å². The molecule has 12 nitrogen and oxygen atoms in total. The summed E-state index contributed by atoms with van der Waals surface area (Å²) in [6, 6.07) is -1.54. The third-order valence-corrected chi connectivity index (χ3v) is 6.78. The van der Waals surface area contributed by atoms with E-state index in [2.05, 4.69) is 20.6 Å². The van der Waals surface area contributed by atoms with Gasteiger partial charge in [-0.1, -0.05) is 26.8 Å². The van der Waals surface area contributed by atoms with Gasteiger partial charge < -0.3 is 14.8 Å². The van der Waals surface area contributed by atoms with Crippen molar-refractivity contribution in [1.29, 1.82) is 0 Å². The second kappa shape index (κ2) is 11.4. The molecule has 0 radical (unpaired) electrons. The number of rotatable bonds is 9. The number of nitrogens with one attached hydrogen (secondary N) is 3. The van der Waals surface area contributed by atoms with E-state index in [1.807, 2.05) is 13.0 Å². The molecule has 1 saturated heterocycles. The van der Waals surface area contributed by atoms with Crippen LogP contribution in [0.25, 0.3) is 0 Å². The normalized spacial score (nSPS) is 27.8. The molecule has 2 unspecified atom stereocenters. The summed E-state index contributed by atoms with van der Waals surface area (Å²) >= 11 is 0. The van der Waals surface area contributed by atoms with Crippen LogP contribution in [0.1, 0.15) is 33.6 Å². The molecule has 2 aliphatic rings. The van der Waals surface area contributed by atoms with E-state index in [1.54, 1.807) is 25.9 Å². The fourth-order valence-electron chi connectivity index (χ4n) is 3.34. The first-order valence-electron chi connectivity index (χ1n) is 10.4. The van der Waals surface area contributed by atoms with Crippen LogP contribution >= 0.6 is 7.75 Å². The monoisotopic (exact) mass is 476 g/mol. The molecule has 0 aromatic carbocycles. The summed E-state index contributed by atoms with van der Waals surface area (Å²) in [5.41, 5.74) is 3.22. The van der Waals surface area contributed by atoms with E-state index in [4.69, 9.17) is 13.8 Å². The van der Waals surface area contributed by atoms with Crippen LogP contribution in [-0.4, -0.2) is 75.6 Å². The van der Waals surface area contributed by atoms with Crippen molar-refractivity contribution >= 4 is 25.6 Å². The number of nitrogens with zero attached hydrogens (tertiary/aromatic N) is 1. The number of methoxy groups -OCH3 is 1. The lowest BCUT2D eigenvalue weighted by molar-refractivity contribution is -0.157. The molecule has 2 heterocycles. The Kier molecular flexibility index (Phi) is 9.38. The van der Waals surface area contributed by atoms with Gasteiger partial charge in [-0.3, -0.25) is 24.1 Å². The third-order valence-electron chi connectivity index (χ3n) is 5.29. The highest BCUT2D eigenvalue weighted by molar-refractivity contribution is 7.51. The van der Waals surface area contributed by atoms with E-state index in [-0.39, 0.29) is 19.6 Å². The Morgan fingerprint density at radius 1 is 1.38 bits per heavy atom. The minimum Gasteiger partial charge on any atom is -0.469 e. The SMILES string of the molecule is CCC1=CCNN(C)C1C(=O)OCOP1(=O)N[C@@H](C(=O)NCCC(=O)OC)C(C)(C)CO1. The van der Waals surface area contributed by atoms with E-state index < -0.39 is 49.9 Å². The highest BCUT2D eigenvalue weighted by Gasteiger charge is 2.47. The Balaban J connectivity index is 1.92. The summed E-state index contributed by atoms with van der Waals surface area (Å²) in [5, 5.41) is 6.87. The molecular weight excluding hydrogens is 443 g/mol. The number of hydrogen-bond acceptors (Lipinski definition) is 10. The predicted molar refractivity (Wildman–Crippen MR) is 114 cm³/mol. The zero-order valence-electron chi connectivity index (χ0n) is 19.1. The molecule has 3 N–H and O–H groups in total. The van der Waals surface area contributed by atoms with Crippen LogP contribution < -0.4 is 15.8 Å². The van der Waals surface area contributed by atoms with Gasteiger partial charge in [0.05, 0.1) is 20.1 Å². The summed E-state index contributed by atoms with van der Waals surface area (Å²) < 4.78 is 33.3. The first kappa shape index (κ1) is 26.4. The van der Waals surface area contributed by atoms with Gasteiger partial charge in [0, 0.05) is 25.6 Å². The molecule has 0 aliphatic carbocycles. The number of carbonyl (C=O) groups is 3. The molecule has 2 rings (SSSR count). The minimum atomic E-state index is -3.92. The molecule has 182 valence electrons. The summed E-state index contributed by atoms with van der Waals surface area (Å²) in [7, 11) is -0.927. The first-order chi connectivity index (χ1) is 15.0. The topological polar surface area (TPSA) is 145 Å². The van der Waals surface area contributed by atoms with E-state index >= 15 is 0 Å². The van der Waals surface area contributed by atoms with Crippen molar-refractivity contribution in [1.82, 2.24) is 20.8 Å². The van der Waals surface area contributed by atoms with Gasteiger partial charge in [-0.2, -0.15) is 0 Å². The van der Waals surface area contributed by atoms with Gasteiger partial charge in [0.1, 0.15) is 12.1 Å². The van der Waals surface area contributed by atoms with Crippen LogP contribution in [0, 0.1) is 5.41 Å². The van der Waals surface area contributed by atoms with Crippen LogP contribution in [-0.2, 0) is 37.5 Å². The molecule has 3 atom stereocenters. The van der Waals surface area contributed by atoms with Crippen LogP contribution in [0.15, 0.2) is 11.6 Å². The average molecular weight is 476 g/mol. The van der Waals surface area contributed by atoms with Crippen molar-refractivity contribution in [2.24, 2.45) is 5.41 Å². The zero-order valence-corrected chi connectivity index (χ0v) is 20.0. The molecule has 2 aliphatic heterocycles. The number of hydrazine groups is 1. The number of amides is 1. The molecular formula is C19H33N4O8P. The lowest BCUT2D eigenvalue weighted by atomic mass is 9.85.